The molecule has 1 fully saturated rings. The summed E-state index contributed by atoms with van der Waals surface area (Å²) in [6, 6.07) is 5.18. The van der Waals surface area contributed by atoms with E-state index in [-0.39, 0.29) is 30.4 Å². The molecule has 1 saturated heterocycles. The number of rotatable bonds is 4. The van der Waals surface area contributed by atoms with Gasteiger partial charge in [0.05, 0.1) is 11.8 Å². The van der Waals surface area contributed by atoms with Gasteiger partial charge in [0.1, 0.15) is 5.75 Å². The van der Waals surface area contributed by atoms with Crippen LogP contribution >= 0.6 is 0 Å². The maximum atomic E-state index is 12.8. The number of likely N-dealkylation sites (tertiary alicyclic amines) is 1. The summed E-state index contributed by atoms with van der Waals surface area (Å²) in [5, 5.41) is 0. The van der Waals surface area contributed by atoms with Crippen molar-refractivity contribution in [3.8, 4) is 5.75 Å². The molecule has 2 aliphatic heterocycles. The summed E-state index contributed by atoms with van der Waals surface area (Å²) in [5.41, 5.74) is 6.95. The average molecular weight is 333 g/mol. The highest BCUT2D eigenvalue weighted by Gasteiger charge is 2.35. The SMILES string of the molecule is CCO[C@@H]1CN(C(=O)c2ccc3c(c2)N(C)C(=O)CO3)C[C@H]1CN. The highest BCUT2D eigenvalue weighted by atomic mass is 16.5. The Labute approximate surface area is 141 Å². The number of nitrogens with zero attached hydrogens (tertiary/aromatic N) is 2. The molecule has 130 valence electrons. The maximum Gasteiger partial charge on any atom is 0.264 e. The lowest BCUT2D eigenvalue weighted by molar-refractivity contribution is -0.120. The van der Waals surface area contributed by atoms with Crippen molar-refractivity contribution >= 4 is 17.5 Å². The van der Waals surface area contributed by atoms with Crippen LogP contribution in [0.3, 0.4) is 0 Å². The predicted octanol–water partition coefficient (Wildman–Crippen LogP) is 0.478. The minimum Gasteiger partial charge on any atom is -0.482 e. The lowest BCUT2D eigenvalue weighted by Crippen LogP contribution is -2.36. The molecule has 7 heteroatoms. The molecule has 2 N–H and O–H groups in total. The molecular weight excluding hydrogens is 310 g/mol. The number of hydrogen-bond donors (Lipinski definition) is 1. The third-order valence-electron chi connectivity index (χ3n) is 4.64. The number of benzene rings is 1. The fraction of sp³-hybridized carbons (Fsp3) is 0.529. The van der Waals surface area contributed by atoms with Gasteiger partial charge in [0, 0.05) is 38.2 Å². The van der Waals surface area contributed by atoms with Crippen LogP contribution in [0.4, 0.5) is 5.69 Å². The van der Waals surface area contributed by atoms with Crippen LogP contribution in [0.25, 0.3) is 0 Å². The fourth-order valence-corrected chi connectivity index (χ4v) is 3.22. The van der Waals surface area contributed by atoms with E-state index in [1.165, 1.54) is 4.90 Å². The number of likely N-dealkylation sites (N-methyl/N-ethyl adjacent to an activating group) is 1. The number of carbonyl (C=O) groups is 2. The molecule has 0 aromatic heterocycles. The molecule has 0 aliphatic carbocycles. The van der Waals surface area contributed by atoms with Crippen molar-refractivity contribution < 1.29 is 19.1 Å². The summed E-state index contributed by atoms with van der Waals surface area (Å²) >= 11 is 0. The number of fused-ring (bicyclic) bond motifs is 1. The first-order valence-corrected chi connectivity index (χ1v) is 8.19. The maximum absolute atomic E-state index is 12.8. The second-order valence-corrected chi connectivity index (χ2v) is 6.12. The molecule has 1 aromatic carbocycles. The Morgan fingerprint density at radius 2 is 2.21 bits per heavy atom. The zero-order valence-electron chi connectivity index (χ0n) is 14.0. The summed E-state index contributed by atoms with van der Waals surface area (Å²) in [5.74, 6) is 0.555. The molecule has 3 rings (SSSR count). The van der Waals surface area contributed by atoms with Crippen LogP contribution in [0.2, 0.25) is 0 Å². The van der Waals surface area contributed by atoms with Crippen LogP contribution in [-0.4, -0.2) is 62.7 Å². The van der Waals surface area contributed by atoms with E-state index < -0.39 is 0 Å². The van der Waals surface area contributed by atoms with E-state index in [0.29, 0.717) is 43.2 Å². The van der Waals surface area contributed by atoms with Crippen molar-refractivity contribution in [3.05, 3.63) is 23.8 Å². The molecule has 0 unspecified atom stereocenters. The first-order valence-electron chi connectivity index (χ1n) is 8.19. The van der Waals surface area contributed by atoms with E-state index in [9.17, 15) is 9.59 Å². The third kappa shape index (κ3) is 2.97. The predicted molar refractivity (Wildman–Crippen MR) is 89.2 cm³/mol. The van der Waals surface area contributed by atoms with Crippen LogP contribution in [-0.2, 0) is 9.53 Å². The zero-order chi connectivity index (χ0) is 17.3. The lowest BCUT2D eigenvalue weighted by Gasteiger charge is -2.26. The molecule has 2 aliphatic rings. The number of anilines is 1. The summed E-state index contributed by atoms with van der Waals surface area (Å²) in [6.07, 6.45) is -0.0193. The van der Waals surface area contributed by atoms with Crippen LogP contribution in [0.15, 0.2) is 18.2 Å². The number of amides is 2. The van der Waals surface area contributed by atoms with Crippen LogP contribution in [0.1, 0.15) is 17.3 Å². The molecule has 24 heavy (non-hydrogen) atoms. The van der Waals surface area contributed by atoms with Crippen molar-refractivity contribution in [1.29, 1.82) is 0 Å². The smallest absolute Gasteiger partial charge is 0.264 e. The van der Waals surface area contributed by atoms with Gasteiger partial charge in [-0.15, -0.1) is 0 Å². The topological polar surface area (TPSA) is 85.1 Å². The van der Waals surface area contributed by atoms with Crippen molar-refractivity contribution in [2.45, 2.75) is 13.0 Å². The van der Waals surface area contributed by atoms with Gasteiger partial charge in [-0.3, -0.25) is 9.59 Å². The Hall–Kier alpha value is -2.12. The van der Waals surface area contributed by atoms with Gasteiger partial charge in [-0.1, -0.05) is 0 Å². The van der Waals surface area contributed by atoms with Gasteiger partial charge in [0.15, 0.2) is 6.61 Å². The minimum atomic E-state index is -0.132. The average Bonchev–Trinajstić information content (AvgIpc) is 3.01. The second-order valence-electron chi connectivity index (χ2n) is 6.12. The van der Waals surface area contributed by atoms with Gasteiger partial charge < -0.3 is 25.0 Å². The van der Waals surface area contributed by atoms with E-state index >= 15 is 0 Å². The van der Waals surface area contributed by atoms with Crippen molar-refractivity contribution in [2.75, 3.05) is 44.8 Å². The summed E-state index contributed by atoms with van der Waals surface area (Å²) in [4.78, 5) is 27.9. The van der Waals surface area contributed by atoms with E-state index in [0.717, 1.165) is 0 Å². The van der Waals surface area contributed by atoms with Crippen molar-refractivity contribution in [3.63, 3.8) is 0 Å². The summed E-state index contributed by atoms with van der Waals surface area (Å²) in [6.45, 7) is 4.18. The highest BCUT2D eigenvalue weighted by molar-refractivity contribution is 6.01. The Morgan fingerprint density at radius 1 is 1.42 bits per heavy atom. The summed E-state index contributed by atoms with van der Waals surface area (Å²) in [7, 11) is 1.68. The number of nitrogens with two attached hydrogens (primary N) is 1. The van der Waals surface area contributed by atoms with Crippen molar-refractivity contribution in [1.82, 2.24) is 4.90 Å². The third-order valence-corrected chi connectivity index (χ3v) is 4.64. The van der Waals surface area contributed by atoms with Crippen LogP contribution < -0.4 is 15.4 Å². The molecule has 2 heterocycles. The Bertz CT molecular complexity index is 649. The molecule has 7 nitrogen and oxygen atoms in total. The lowest BCUT2D eigenvalue weighted by atomic mass is 10.1. The van der Waals surface area contributed by atoms with Gasteiger partial charge in [-0.2, -0.15) is 0 Å². The first kappa shape index (κ1) is 16.7. The van der Waals surface area contributed by atoms with E-state index in [4.69, 9.17) is 15.2 Å². The normalized spacial score (nSPS) is 23.2. The Kier molecular flexibility index (Phi) is 4.73. The largest absolute Gasteiger partial charge is 0.482 e. The molecule has 1 aromatic rings. The van der Waals surface area contributed by atoms with Gasteiger partial charge >= 0.3 is 0 Å². The summed E-state index contributed by atoms with van der Waals surface area (Å²) < 4.78 is 11.1. The van der Waals surface area contributed by atoms with Crippen LogP contribution in [0.5, 0.6) is 5.75 Å². The molecule has 2 amide bonds. The van der Waals surface area contributed by atoms with E-state index in [2.05, 4.69) is 0 Å². The van der Waals surface area contributed by atoms with Crippen molar-refractivity contribution in [2.24, 2.45) is 11.7 Å². The van der Waals surface area contributed by atoms with Gasteiger partial charge in [0.25, 0.3) is 11.8 Å². The Balaban J connectivity index is 1.80. The standard InChI is InChI=1S/C17H23N3O4/c1-3-23-15-9-20(8-12(15)7-18)17(22)11-4-5-14-13(6-11)19(2)16(21)10-24-14/h4-6,12,15H,3,7-10,18H2,1-2H3/t12-,15-/m1/s1. The fourth-order valence-electron chi connectivity index (χ4n) is 3.22. The second kappa shape index (κ2) is 6.78. The molecule has 0 bridgehead atoms. The van der Waals surface area contributed by atoms with E-state index in [1.54, 1.807) is 30.1 Å². The number of carbonyl (C=O) groups excluding carboxylic acids is 2. The molecular formula is C17H23N3O4. The highest BCUT2D eigenvalue weighted by Crippen LogP contribution is 2.33. The monoisotopic (exact) mass is 333 g/mol. The zero-order valence-corrected chi connectivity index (χ0v) is 14.0. The van der Waals surface area contributed by atoms with Gasteiger partial charge in [0.2, 0.25) is 0 Å². The molecule has 0 spiro atoms. The van der Waals surface area contributed by atoms with Gasteiger partial charge in [-0.25, -0.2) is 0 Å². The van der Waals surface area contributed by atoms with E-state index in [1.807, 2.05) is 6.92 Å². The van der Waals surface area contributed by atoms with Gasteiger partial charge in [-0.05, 0) is 31.7 Å². The van der Waals surface area contributed by atoms with Crippen LogP contribution in [0, 0.1) is 5.92 Å². The number of hydrogen-bond acceptors (Lipinski definition) is 5. The molecule has 2 atom stereocenters. The minimum absolute atomic E-state index is 0.0193. The Morgan fingerprint density at radius 3 is 2.92 bits per heavy atom. The first-order chi connectivity index (χ1) is 11.5. The quantitative estimate of drug-likeness (QED) is 0.866. The number of ether oxygens (including phenoxy) is 2. The molecule has 0 saturated carbocycles. The molecule has 0 radical (unpaired) electrons.